The van der Waals surface area contributed by atoms with Crippen molar-refractivity contribution in [1.29, 1.82) is 0 Å². The highest BCUT2D eigenvalue weighted by molar-refractivity contribution is 6.25. The average Bonchev–Trinajstić information content (AvgIpc) is 3.81. The van der Waals surface area contributed by atoms with E-state index in [-0.39, 0.29) is 0 Å². The van der Waals surface area contributed by atoms with Gasteiger partial charge in [-0.15, -0.1) is 0 Å². The average molecular weight is 769 g/mol. The van der Waals surface area contributed by atoms with Gasteiger partial charge in [-0.2, -0.15) is 0 Å². The second kappa shape index (κ2) is 12.1. The summed E-state index contributed by atoms with van der Waals surface area (Å²) in [4.78, 5) is 0. The van der Waals surface area contributed by atoms with Crippen LogP contribution in [0.25, 0.3) is 109 Å². The molecule has 2 aliphatic rings. The lowest BCUT2D eigenvalue weighted by Crippen LogP contribution is -2.26. The highest BCUT2D eigenvalue weighted by atomic mass is 14.5. The molecule has 0 saturated heterocycles. The monoisotopic (exact) mass is 768 g/mol. The van der Waals surface area contributed by atoms with E-state index in [0.717, 1.165) is 0 Å². The zero-order chi connectivity index (χ0) is 39.8. The molecule has 12 aromatic carbocycles. The van der Waals surface area contributed by atoms with Crippen molar-refractivity contribution in [3.63, 3.8) is 0 Å². The quantitative estimate of drug-likeness (QED) is 0.121. The summed E-state index contributed by atoms with van der Waals surface area (Å²) >= 11 is 0. The summed E-state index contributed by atoms with van der Waals surface area (Å²) in [6.07, 6.45) is 0. The zero-order valence-electron chi connectivity index (χ0n) is 33.3. The van der Waals surface area contributed by atoms with E-state index in [1.165, 1.54) is 131 Å². The Kier molecular flexibility index (Phi) is 6.58. The molecule has 1 spiro atoms. The van der Waals surface area contributed by atoms with Crippen molar-refractivity contribution in [2.75, 3.05) is 0 Å². The van der Waals surface area contributed by atoms with Gasteiger partial charge in [-0.3, -0.25) is 0 Å². The minimum atomic E-state index is -0.498. The molecular weight excluding hydrogens is 733 g/mol. The van der Waals surface area contributed by atoms with Crippen molar-refractivity contribution in [3.8, 4) is 44.5 Å². The minimum absolute atomic E-state index is 0.498. The van der Waals surface area contributed by atoms with E-state index in [0.29, 0.717) is 0 Å². The Morgan fingerprint density at radius 3 is 1.36 bits per heavy atom. The molecule has 0 aromatic heterocycles. The Labute approximate surface area is 353 Å². The van der Waals surface area contributed by atoms with E-state index in [9.17, 15) is 0 Å². The number of hydrogen-bond acceptors (Lipinski definition) is 0. The predicted octanol–water partition coefficient (Wildman–Crippen LogP) is 16.3. The van der Waals surface area contributed by atoms with Crippen LogP contribution in [0, 0.1) is 0 Å². The van der Waals surface area contributed by atoms with Crippen LogP contribution in [0.4, 0.5) is 0 Å². The molecule has 0 atom stereocenters. The molecule has 0 amide bonds. The number of fused-ring (bicyclic) bond motifs is 20. The molecule has 14 rings (SSSR count). The smallest absolute Gasteiger partial charge is 0.0619 e. The molecule has 61 heavy (non-hydrogen) atoms. The molecule has 0 fully saturated rings. The van der Waals surface area contributed by atoms with Gasteiger partial charge in [0.05, 0.1) is 5.41 Å². The molecule has 0 unspecified atom stereocenters. The summed E-state index contributed by atoms with van der Waals surface area (Å²) in [6, 6.07) is 82.3. The molecule has 0 heterocycles. The third-order valence-electron chi connectivity index (χ3n) is 14.2. The van der Waals surface area contributed by atoms with Crippen molar-refractivity contribution < 1.29 is 0 Å². The van der Waals surface area contributed by atoms with Crippen LogP contribution in [0.1, 0.15) is 22.3 Å². The van der Waals surface area contributed by atoms with Gasteiger partial charge in [0, 0.05) is 0 Å². The summed E-state index contributed by atoms with van der Waals surface area (Å²) in [5, 5.41) is 15.4. The van der Waals surface area contributed by atoms with Gasteiger partial charge in [0.1, 0.15) is 0 Å². The second-order valence-corrected chi connectivity index (χ2v) is 17.0. The van der Waals surface area contributed by atoms with Gasteiger partial charge in [-0.05, 0) is 137 Å². The minimum Gasteiger partial charge on any atom is -0.0619 e. The van der Waals surface area contributed by atoms with Crippen LogP contribution in [0.5, 0.6) is 0 Å². The highest BCUT2D eigenvalue weighted by Crippen LogP contribution is 2.66. The fraction of sp³-hybridized carbons (Fsp3) is 0.0164. The van der Waals surface area contributed by atoms with Crippen LogP contribution >= 0.6 is 0 Å². The summed E-state index contributed by atoms with van der Waals surface area (Å²) in [5.41, 5.74) is 15.5. The third-order valence-corrected chi connectivity index (χ3v) is 14.2. The van der Waals surface area contributed by atoms with Gasteiger partial charge in [-0.25, -0.2) is 0 Å². The van der Waals surface area contributed by atoms with Gasteiger partial charge >= 0.3 is 0 Å². The Balaban J connectivity index is 1.10. The van der Waals surface area contributed by atoms with Crippen LogP contribution < -0.4 is 0 Å². The van der Waals surface area contributed by atoms with E-state index in [2.05, 4.69) is 218 Å². The van der Waals surface area contributed by atoms with Crippen LogP contribution in [0.2, 0.25) is 0 Å². The van der Waals surface area contributed by atoms with Crippen molar-refractivity contribution in [2.24, 2.45) is 0 Å². The van der Waals surface area contributed by atoms with E-state index in [1.54, 1.807) is 0 Å². The Morgan fingerprint density at radius 1 is 0.230 bits per heavy atom. The SMILES string of the molecule is c1ccc2c(c1)-c1ccccc1C21c2c(ccc3cc(-c4c5ccccc5c(-c5cccc6ccccc56)c5ccccc45)ccc23)-c2c1c1ccccc1c1ccccc21. The first-order chi connectivity index (χ1) is 30.3. The van der Waals surface area contributed by atoms with Gasteiger partial charge < -0.3 is 0 Å². The molecule has 0 N–H and O–H groups in total. The van der Waals surface area contributed by atoms with Crippen molar-refractivity contribution in [3.05, 3.63) is 241 Å². The molecule has 280 valence electrons. The molecule has 0 heteroatoms. The standard InChI is InChI=1S/C61H36/c1-2-18-40-37(16-1)17-15-29-46(40)57-50-26-8-6-24-48(50)56(49-25-7-9-27-51(49)57)39-33-34-41-38(36-39)32-35-53-58-47-23-5-3-19-42(47)43-20-4-10-28-52(43)60(58)61(59(41)53)54-30-13-11-21-44(54)45-22-12-14-31-55(45)61/h1-36H. The summed E-state index contributed by atoms with van der Waals surface area (Å²) in [5.74, 6) is 0. The lowest BCUT2D eigenvalue weighted by Gasteiger charge is -2.32. The maximum Gasteiger partial charge on any atom is 0.0737 e. The van der Waals surface area contributed by atoms with Gasteiger partial charge in [-0.1, -0.05) is 212 Å². The zero-order valence-corrected chi connectivity index (χ0v) is 33.3. The second-order valence-electron chi connectivity index (χ2n) is 17.0. The third kappa shape index (κ3) is 4.19. The number of hydrogen-bond donors (Lipinski definition) is 0. The molecule has 0 radical (unpaired) electrons. The lowest BCUT2D eigenvalue weighted by molar-refractivity contribution is 0.809. The predicted molar refractivity (Wildman–Crippen MR) is 259 cm³/mol. The molecular formula is C61H36. The van der Waals surface area contributed by atoms with E-state index < -0.39 is 5.41 Å². The fourth-order valence-corrected chi connectivity index (χ4v) is 12.0. The molecule has 2 aliphatic carbocycles. The van der Waals surface area contributed by atoms with Gasteiger partial charge in [0.25, 0.3) is 0 Å². The number of rotatable bonds is 2. The van der Waals surface area contributed by atoms with Crippen LogP contribution in [-0.4, -0.2) is 0 Å². The Bertz CT molecular complexity index is 3770. The van der Waals surface area contributed by atoms with Crippen molar-refractivity contribution in [1.82, 2.24) is 0 Å². The molecule has 0 aliphatic heterocycles. The topological polar surface area (TPSA) is 0 Å². The molecule has 12 aromatic rings. The van der Waals surface area contributed by atoms with E-state index >= 15 is 0 Å². The van der Waals surface area contributed by atoms with E-state index in [4.69, 9.17) is 0 Å². The Hall–Kier alpha value is -7.80. The Morgan fingerprint density at radius 2 is 0.705 bits per heavy atom. The van der Waals surface area contributed by atoms with Crippen LogP contribution in [0.15, 0.2) is 218 Å². The number of benzene rings is 12. The summed E-state index contributed by atoms with van der Waals surface area (Å²) < 4.78 is 0. The van der Waals surface area contributed by atoms with Gasteiger partial charge in [0.2, 0.25) is 0 Å². The fourth-order valence-electron chi connectivity index (χ4n) is 12.0. The molecule has 0 saturated carbocycles. The summed E-state index contributed by atoms with van der Waals surface area (Å²) in [6.45, 7) is 0. The first kappa shape index (κ1) is 33.1. The first-order valence-corrected chi connectivity index (χ1v) is 21.4. The van der Waals surface area contributed by atoms with Crippen molar-refractivity contribution in [2.45, 2.75) is 5.41 Å². The normalized spacial score (nSPS) is 13.4. The molecule has 0 nitrogen and oxygen atoms in total. The van der Waals surface area contributed by atoms with Crippen LogP contribution in [-0.2, 0) is 5.41 Å². The van der Waals surface area contributed by atoms with Crippen LogP contribution in [0.3, 0.4) is 0 Å². The highest BCUT2D eigenvalue weighted by Gasteiger charge is 2.53. The largest absolute Gasteiger partial charge is 0.0737 e. The maximum absolute atomic E-state index is 2.47. The summed E-state index contributed by atoms with van der Waals surface area (Å²) in [7, 11) is 0. The van der Waals surface area contributed by atoms with Gasteiger partial charge in [0.15, 0.2) is 0 Å². The van der Waals surface area contributed by atoms with Crippen molar-refractivity contribution >= 4 is 64.6 Å². The first-order valence-electron chi connectivity index (χ1n) is 21.4. The van der Waals surface area contributed by atoms with E-state index in [1.807, 2.05) is 0 Å². The molecule has 0 bridgehead atoms. The maximum atomic E-state index is 2.47. The lowest BCUT2D eigenvalue weighted by atomic mass is 9.68.